The van der Waals surface area contributed by atoms with Crippen LogP contribution >= 0.6 is 0 Å². The Kier molecular flexibility index (Phi) is 2.63. The summed E-state index contributed by atoms with van der Waals surface area (Å²) in [6.07, 6.45) is 0. The third-order valence-electron chi connectivity index (χ3n) is 3.31. The number of aromatic nitrogens is 3. The molecule has 3 rings (SSSR count). The third kappa shape index (κ3) is 1.53. The summed E-state index contributed by atoms with van der Waals surface area (Å²) in [5, 5.41) is 9.79. The zero-order valence-corrected chi connectivity index (χ0v) is 10.7. The zero-order valence-electron chi connectivity index (χ0n) is 10.7. The summed E-state index contributed by atoms with van der Waals surface area (Å²) in [5.74, 6) is 0.923. The molecule has 0 N–H and O–H groups in total. The van der Waals surface area contributed by atoms with Gasteiger partial charge in [0.25, 0.3) is 0 Å². The highest BCUT2D eigenvalue weighted by molar-refractivity contribution is 5.83. The van der Waals surface area contributed by atoms with Crippen LogP contribution in [0.5, 0.6) is 0 Å². The van der Waals surface area contributed by atoms with E-state index in [-0.39, 0.29) is 0 Å². The summed E-state index contributed by atoms with van der Waals surface area (Å²) in [7, 11) is 0. The lowest BCUT2D eigenvalue weighted by atomic mass is 10.2. The van der Waals surface area contributed by atoms with Crippen LogP contribution in [-0.2, 0) is 0 Å². The van der Waals surface area contributed by atoms with Crippen LogP contribution in [0.15, 0.2) is 36.4 Å². The second-order valence-electron chi connectivity index (χ2n) is 4.26. The van der Waals surface area contributed by atoms with E-state index in [2.05, 4.69) is 57.6 Å². The van der Waals surface area contributed by atoms with E-state index >= 15 is 0 Å². The van der Waals surface area contributed by atoms with Crippen LogP contribution in [0.4, 0.5) is 5.95 Å². The van der Waals surface area contributed by atoms with E-state index in [0.29, 0.717) is 0 Å². The Bertz CT molecular complexity index is 682. The largest absolute Gasteiger partial charge is 0.341 e. The fourth-order valence-corrected chi connectivity index (χ4v) is 2.33. The minimum Gasteiger partial charge on any atom is -0.341 e. The van der Waals surface area contributed by atoms with Crippen LogP contribution in [0, 0.1) is 0 Å². The van der Waals surface area contributed by atoms with E-state index in [1.54, 1.807) is 0 Å². The van der Waals surface area contributed by atoms with Crippen molar-refractivity contribution in [3.8, 4) is 0 Å². The molecule has 1 aromatic carbocycles. The Morgan fingerprint density at radius 1 is 1.00 bits per heavy atom. The fourth-order valence-electron chi connectivity index (χ4n) is 2.33. The maximum Gasteiger partial charge on any atom is 0.232 e. The highest BCUT2D eigenvalue weighted by Gasteiger charge is 2.12. The van der Waals surface area contributed by atoms with Crippen molar-refractivity contribution in [2.45, 2.75) is 13.8 Å². The molecule has 0 fully saturated rings. The number of hydrogen-bond donors (Lipinski definition) is 0. The second kappa shape index (κ2) is 4.29. The van der Waals surface area contributed by atoms with Gasteiger partial charge in [-0.25, -0.2) is 0 Å². The molecule has 0 saturated heterocycles. The average Bonchev–Trinajstić information content (AvgIpc) is 2.85. The van der Waals surface area contributed by atoms with Gasteiger partial charge in [0.1, 0.15) is 0 Å². The first-order valence-corrected chi connectivity index (χ1v) is 6.33. The first-order chi connectivity index (χ1) is 8.85. The number of hydrogen-bond acceptors (Lipinski definition) is 3. The lowest BCUT2D eigenvalue weighted by Crippen LogP contribution is -2.24. The molecule has 0 atom stereocenters. The normalized spacial score (nSPS) is 11.2. The highest BCUT2D eigenvalue weighted by atomic mass is 15.4. The van der Waals surface area contributed by atoms with Gasteiger partial charge >= 0.3 is 0 Å². The van der Waals surface area contributed by atoms with E-state index in [9.17, 15) is 0 Å². The summed E-state index contributed by atoms with van der Waals surface area (Å²) in [4.78, 5) is 2.21. The molecule has 0 saturated carbocycles. The molecule has 92 valence electrons. The van der Waals surface area contributed by atoms with Gasteiger partial charge in [-0.15, -0.1) is 10.2 Å². The average molecular weight is 240 g/mol. The molecule has 0 radical (unpaired) electrons. The van der Waals surface area contributed by atoms with Crippen LogP contribution in [0.3, 0.4) is 0 Å². The maximum atomic E-state index is 4.33. The van der Waals surface area contributed by atoms with Crippen LogP contribution < -0.4 is 4.90 Å². The maximum absolute atomic E-state index is 4.33. The molecule has 2 aromatic heterocycles. The van der Waals surface area contributed by atoms with Crippen molar-refractivity contribution in [2.75, 3.05) is 18.0 Å². The number of para-hydroxylation sites is 1. The van der Waals surface area contributed by atoms with Crippen molar-refractivity contribution in [2.24, 2.45) is 0 Å². The number of rotatable bonds is 3. The Morgan fingerprint density at radius 2 is 1.78 bits per heavy atom. The number of fused-ring (bicyclic) bond motifs is 3. The monoisotopic (exact) mass is 240 g/mol. The van der Waals surface area contributed by atoms with E-state index in [4.69, 9.17) is 0 Å². The third-order valence-corrected chi connectivity index (χ3v) is 3.31. The molecule has 4 heteroatoms. The minimum absolute atomic E-state index is 0.899. The SMILES string of the molecule is CCN(CC)c1nnc2ccc3ccccc3n12. The zero-order chi connectivity index (χ0) is 12.5. The molecule has 0 aliphatic rings. The molecule has 4 nitrogen and oxygen atoms in total. The van der Waals surface area contributed by atoms with Gasteiger partial charge in [0.2, 0.25) is 5.95 Å². The standard InChI is InChI=1S/C14H16N4/c1-3-17(4-2)14-16-15-13-10-9-11-7-5-6-8-12(11)18(13)14/h5-10H,3-4H2,1-2H3. The molecule has 2 heterocycles. The molecule has 0 amide bonds. The van der Waals surface area contributed by atoms with Crippen molar-refractivity contribution in [3.63, 3.8) is 0 Å². The van der Waals surface area contributed by atoms with Crippen molar-refractivity contribution in [1.29, 1.82) is 0 Å². The minimum atomic E-state index is 0.899. The first kappa shape index (κ1) is 11.0. The molecule has 0 unspecified atom stereocenters. The Hall–Kier alpha value is -2.10. The van der Waals surface area contributed by atoms with E-state index in [1.807, 2.05) is 12.1 Å². The number of anilines is 1. The molecule has 3 aromatic rings. The molecular formula is C14H16N4. The first-order valence-electron chi connectivity index (χ1n) is 6.33. The molecule has 18 heavy (non-hydrogen) atoms. The summed E-state index contributed by atoms with van der Waals surface area (Å²) in [6, 6.07) is 12.4. The Morgan fingerprint density at radius 3 is 2.56 bits per heavy atom. The van der Waals surface area contributed by atoms with Gasteiger partial charge in [-0.05, 0) is 37.4 Å². The lowest BCUT2D eigenvalue weighted by Gasteiger charge is -2.18. The molecule has 0 bridgehead atoms. The van der Waals surface area contributed by atoms with Crippen LogP contribution in [0.2, 0.25) is 0 Å². The quantitative estimate of drug-likeness (QED) is 0.705. The smallest absolute Gasteiger partial charge is 0.232 e. The molecule has 0 aliphatic heterocycles. The predicted molar refractivity (Wildman–Crippen MR) is 74.1 cm³/mol. The summed E-state index contributed by atoms with van der Waals surface area (Å²) in [6.45, 7) is 6.13. The van der Waals surface area contributed by atoms with Gasteiger partial charge in [0.15, 0.2) is 5.65 Å². The molecular weight excluding hydrogens is 224 g/mol. The summed E-state index contributed by atoms with van der Waals surface area (Å²) >= 11 is 0. The van der Waals surface area contributed by atoms with E-state index in [1.165, 1.54) is 5.39 Å². The number of nitrogens with zero attached hydrogens (tertiary/aromatic N) is 4. The topological polar surface area (TPSA) is 33.4 Å². The second-order valence-corrected chi connectivity index (χ2v) is 4.26. The predicted octanol–water partition coefficient (Wildman–Crippen LogP) is 2.73. The molecule has 0 aliphatic carbocycles. The lowest BCUT2D eigenvalue weighted by molar-refractivity contribution is 0.816. The Labute approximate surface area is 106 Å². The van der Waals surface area contributed by atoms with Crippen LogP contribution in [0.1, 0.15) is 13.8 Å². The molecule has 0 spiro atoms. The van der Waals surface area contributed by atoms with Crippen molar-refractivity contribution < 1.29 is 0 Å². The van der Waals surface area contributed by atoms with Gasteiger partial charge in [0.05, 0.1) is 5.52 Å². The van der Waals surface area contributed by atoms with Gasteiger partial charge < -0.3 is 4.90 Å². The van der Waals surface area contributed by atoms with Gasteiger partial charge in [-0.2, -0.15) is 0 Å². The summed E-state index contributed by atoms with van der Waals surface area (Å²) in [5.41, 5.74) is 2.05. The Balaban J connectivity index is 2.36. The number of pyridine rings is 1. The van der Waals surface area contributed by atoms with Gasteiger partial charge in [-0.1, -0.05) is 18.2 Å². The van der Waals surface area contributed by atoms with Crippen molar-refractivity contribution >= 4 is 22.5 Å². The van der Waals surface area contributed by atoms with E-state index < -0.39 is 0 Å². The van der Waals surface area contributed by atoms with Crippen molar-refractivity contribution in [1.82, 2.24) is 14.6 Å². The fraction of sp³-hybridized carbons (Fsp3) is 0.286. The highest BCUT2D eigenvalue weighted by Crippen LogP contribution is 2.21. The van der Waals surface area contributed by atoms with Gasteiger partial charge in [0, 0.05) is 13.1 Å². The number of benzene rings is 1. The van der Waals surface area contributed by atoms with E-state index in [0.717, 1.165) is 30.2 Å². The van der Waals surface area contributed by atoms with Gasteiger partial charge in [-0.3, -0.25) is 4.40 Å². The van der Waals surface area contributed by atoms with Crippen LogP contribution in [0.25, 0.3) is 16.6 Å². The van der Waals surface area contributed by atoms with Crippen molar-refractivity contribution in [3.05, 3.63) is 36.4 Å². The van der Waals surface area contributed by atoms with Crippen LogP contribution in [-0.4, -0.2) is 27.7 Å². The summed E-state index contributed by atoms with van der Waals surface area (Å²) < 4.78 is 2.13.